The maximum absolute atomic E-state index is 14.6. The maximum atomic E-state index is 14.6. The van der Waals surface area contributed by atoms with Gasteiger partial charge in [0.2, 0.25) is 5.79 Å². The van der Waals surface area contributed by atoms with Gasteiger partial charge in [-0.25, -0.2) is 4.79 Å². The molecule has 2 saturated heterocycles. The van der Waals surface area contributed by atoms with Crippen LogP contribution in [0.3, 0.4) is 0 Å². The Labute approximate surface area is 447 Å². The quantitative estimate of drug-likeness (QED) is 0.0698. The van der Waals surface area contributed by atoms with Crippen molar-refractivity contribution in [1.29, 1.82) is 0 Å². The zero-order valence-corrected chi connectivity index (χ0v) is 47.0. The summed E-state index contributed by atoms with van der Waals surface area (Å²) < 4.78 is 52.5. The fourth-order valence-corrected chi connectivity index (χ4v) is 11.0. The fourth-order valence-electron chi connectivity index (χ4n) is 11.0. The molecule has 2 N–H and O–H groups in total. The molecule has 75 heavy (non-hydrogen) atoms. The number of fused-ring (bicyclic) bond motifs is 3. The van der Waals surface area contributed by atoms with Crippen molar-refractivity contribution in [3.63, 3.8) is 0 Å². The smallest absolute Gasteiger partial charge is 0.329 e. The average Bonchev–Trinajstić information content (AvgIpc) is 3.39. The van der Waals surface area contributed by atoms with Crippen molar-refractivity contribution < 1.29 is 76.8 Å². The zero-order chi connectivity index (χ0) is 55.2. The van der Waals surface area contributed by atoms with Crippen LogP contribution in [-0.4, -0.2) is 174 Å². The highest BCUT2D eigenvalue weighted by Gasteiger charge is 2.53. The van der Waals surface area contributed by atoms with Gasteiger partial charge in [-0.3, -0.25) is 19.2 Å². The highest BCUT2D eigenvalue weighted by Crippen LogP contribution is 2.38. The number of carbonyl (C=O) groups is 5. The van der Waals surface area contributed by atoms with E-state index in [-0.39, 0.29) is 73.9 Å². The van der Waals surface area contributed by atoms with E-state index in [1.807, 2.05) is 58.1 Å². The number of ether oxygens (including phenoxy) is 9. The van der Waals surface area contributed by atoms with E-state index < -0.39 is 77.8 Å². The van der Waals surface area contributed by atoms with Crippen LogP contribution in [0.5, 0.6) is 0 Å². The Balaban J connectivity index is 1.70. The molecule has 1 aliphatic carbocycles. The Bertz CT molecular complexity index is 1930. The number of ketones is 3. The largest absolute Gasteiger partial charge is 0.460 e. The van der Waals surface area contributed by atoms with Crippen LogP contribution in [0.1, 0.15) is 126 Å². The van der Waals surface area contributed by atoms with Gasteiger partial charge in [-0.05, 0) is 107 Å². The van der Waals surface area contributed by atoms with Gasteiger partial charge in [-0.1, -0.05) is 71.1 Å². The van der Waals surface area contributed by atoms with Crippen molar-refractivity contribution in [2.75, 3.05) is 74.6 Å². The molecule has 15 atom stereocenters. The first kappa shape index (κ1) is 64.0. The number of methoxy groups -OCH3 is 4. The van der Waals surface area contributed by atoms with Crippen molar-refractivity contribution >= 4 is 29.2 Å². The SMILES string of the molecule is COCCOCCO[C@H]1C[C@@H]2CC[C@@H](C)[C@@](O)(O2)C(=O)C(=O)N2CCCC[C@H]2C(=O)O[C@H]([C@H](C)C[C@@H]2CC[C@@H](OCCOC)[C@H](OC)C2)CC(=O)[C@H](C)/C=C(\C)[C@@H](O)[C@@H](OC)C(=O)[C@H](C)C[C@H](C)/C=C/C=CC=C1C. The Morgan fingerprint density at radius 2 is 1.48 bits per heavy atom. The standard InChI is InChI=1S/C58H93NO16/c1-37-17-13-12-14-18-38(2)49(73-30-28-71-27-25-67-8)35-45-22-20-43(7)58(66,75-45)55(63)56(64)59-24-16-15-19-46(59)57(65)74-50(40(4)33-44-21-23-48(51(34-44)69-10)72-29-26-68-9)36-47(60)39(3)32-42(6)53(62)54(70-11)52(61)41(5)31-37/h12-14,17-18,32,37,39-41,43-46,48-51,53-54,62,66H,15-16,19-31,33-36H2,1-11H3/b14-12?,17-13+,38-18?,42-32+/t37-,39-,40-,41-,43-,44+,45+,46+,48-,49+,50+,51-,53-,54+,58-/m1/s1. The second-order valence-electron chi connectivity index (χ2n) is 21.7. The lowest BCUT2D eigenvalue weighted by atomic mass is 9.78. The maximum Gasteiger partial charge on any atom is 0.329 e. The summed E-state index contributed by atoms with van der Waals surface area (Å²) in [6, 6.07) is -1.16. The minimum absolute atomic E-state index is 0.00579. The first-order valence-electron chi connectivity index (χ1n) is 27.5. The van der Waals surface area contributed by atoms with Gasteiger partial charge in [0.25, 0.3) is 11.7 Å². The molecule has 17 nitrogen and oxygen atoms in total. The number of aliphatic hydroxyl groups is 2. The Hall–Kier alpha value is -3.49. The molecule has 0 aromatic rings. The fraction of sp³-hybridized carbons (Fsp3) is 0.776. The number of esters is 1. The molecule has 426 valence electrons. The molecule has 1 amide bonds. The van der Waals surface area contributed by atoms with E-state index in [4.69, 9.17) is 42.6 Å². The second kappa shape index (κ2) is 32.4. The zero-order valence-electron chi connectivity index (χ0n) is 47.0. The third kappa shape index (κ3) is 19.1. The molecule has 3 aliphatic heterocycles. The summed E-state index contributed by atoms with van der Waals surface area (Å²) in [5.74, 6) is -8.06. The van der Waals surface area contributed by atoms with Crippen molar-refractivity contribution in [2.24, 2.45) is 35.5 Å². The second-order valence-corrected chi connectivity index (χ2v) is 21.7. The predicted octanol–water partition coefficient (Wildman–Crippen LogP) is 6.88. The van der Waals surface area contributed by atoms with Gasteiger partial charge >= 0.3 is 5.97 Å². The van der Waals surface area contributed by atoms with Crippen LogP contribution in [0.4, 0.5) is 0 Å². The molecule has 4 rings (SSSR count). The number of aliphatic hydroxyl groups excluding tert-OH is 1. The van der Waals surface area contributed by atoms with Gasteiger partial charge in [-0.15, -0.1) is 0 Å². The third-order valence-electron chi connectivity index (χ3n) is 15.8. The highest BCUT2D eigenvalue weighted by atomic mass is 16.6. The molecule has 0 aromatic carbocycles. The molecule has 17 heteroatoms. The van der Waals surface area contributed by atoms with Crippen LogP contribution >= 0.6 is 0 Å². The lowest BCUT2D eigenvalue weighted by Crippen LogP contribution is -2.61. The van der Waals surface area contributed by atoms with E-state index in [0.29, 0.717) is 83.6 Å². The minimum Gasteiger partial charge on any atom is -0.460 e. The van der Waals surface area contributed by atoms with Crippen LogP contribution in [0.15, 0.2) is 47.6 Å². The minimum atomic E-state index is -2.47. The number of hydrogen-bond acceptors (Lipinski definition) is 16. The third-order valence-corrected chi connectivity index (χ3v) is 15.8. The van der Waals surface area contributed by atoms with Crippen LogP contribution in [-0.2, 0) is 66.6 Å². The van der Waals surface area contributed by atoms with Crippen LogP contribution in [0, 0.1) is 35.5 Å². The molecule has 3 heterocycles. The molecule has 1 saturated carbocycles. The first-order chi connectivity index (χ1) is 35.8. The molecule has 0 aromatic heterocycles. The van der Waals surface area contributed by atoms with E-state index in [2.05, 4.69) is 0 Å². The average molecular weight is 1060 g/mol. The van der Waals surface area contributed by atoms with E-state index in [1.54, 1.807) is 48.2 Å². The summed E-state index contributed by atoms with van der Waals surface area (Å²) in [5.41, 5.74) is 1.24. The molecule has 0 spiro atoms. The van der Waals surface area contributed by atoms with Gasteiger partial charge in [0.1, 0.15) is 30.1 Å². The number of Topliss-reactive ketones (excluding diaryl/α,β-unsaturated/α-hetero) is 3. The van der Waals surface area contributed by atoms with Gasteiger partial charge < -0.3 is 57.7 Å². The van der Waals surface area contributed by atoms with E-state index in [1.165, 1.54) is 12.0 Å². The van der Waals surface area contributed by atoms with Crippen LogP contribution in [0.25, 0.3) is 0 Å². The molecular formula is C58H93NO16. The number of cyclic esters (lactones) is 1. The number of piperidine rings is 1. The topological polar surface area (TPSA) is 212 Å². The molecule has 0 unspecified atom stereocenters. The van der Waals surface area contributed by atoms with Crippen molar-refractivity contribution in [3.05, 3.63) is 47.6 Å². The lowest BCUT2D eigenvalue weighted by molar-refractivity contribution is -0.266. The first-order valence-corrected chi connectivity index (χ1v) is 27.5. The summed E-state index contributed by atoms with van der Waals surface area (Å²) >= 11 is 0. The number of rotatable bonds is 16. The number of hydrogen-bond donors (Lipinski definition) is 2. The number of nitrogens with zero attached hydrogens (tertiary/aromatic N) is 1. The monoisotopic (exact) mass is 1060 g/mol. The van der Waals surface area contributed by atoms with Gasteiger partial charge in [-0.2, -0.15) is 0 Å². The van der Waals surface area contributed by atoms with Crippen molar-refractivity contribution in [3.8, 4) is 0 Å². The van der Waals surface area contributed by atoms with E-state index in [0.717, 1.165) is 18.4 Å². The summed E-state index contributed by atoms with van der Waals surface area (Å²) in [7, 11) is 6.27. The Morgan fingerprint density at radius 1 is 0.773 bits per heavy atom. The van der Waals surface area contributed by atoms with Gasteiger partial charge in [0, 0.05) is 65.6 Å². The molecule has 2 bridgehead atoms. The van der Waals surface area contributed by atoms with Gasteiger partial charge in [0.15, 0.2) is 5.78 Å². The molecular weight excluding hydrogens is 967 g/mol. The molecule has 4 aliphatic rings. The van der Waals surface area contributed by atoms with Crippen molar-refractivity contribution in [1.82, 2.24) is 4.90 Å². The number of allylic oxidation sites excluding steroid dienone is 6. The summed E-state index contributed by atoms with van der Waals surface area (Å²) in [4.78, 5) is 72.9. The number of amides is 1. The summed E-state index contributed by atoms with van der Waals surface area (Å²) in [5, 5.41) is 23.7. The van der Waals surface area contributed by atoms with Crippen LogP contribution < -0.4 is 0 Å². The Morgan fingerprint density at radius 3 is 2.19 bits per heavy atom. The van der Waals surface area contributed by atoms with Crippen LogP contribution in [0.2, 0.25) is 0 Å². The lowest BCUT2D eigenvalue weighted by Gasteiger charge is -2.43. The van der Waals surface area contributed by atoms with E-state index in [9.17, 15) is 34.2 Å². The molecule has 0 radical (unpaired) electrons. The predicted molar refractivity (Wildman–Crippen MR) is 282 cm³/mol. The highest BCUT2D eigenvalue weighted by molar-refractivity contribution is 6.39. The Kier molecular flexibility index (Phi) is 27.7. The van der Waals surface area contributed by atoms with Crippen molar-refractivity contribution in [2.45, 2.75) is 180 Å². The summed E-state index contributed by atoms with van der Waals surface area (Å²) in [6.07, 6.45) is 12.0. The summed E-state index contributed by atoms with van der Waals surface area (Å²) in [6.45, 7) is 15.1. The van der Waals surface area contributed by atoms with Gasteiger partial charge in [0.05, 0.1) is 64.1 Å². The molecule has 3 fully saturated rings. The normalized spacial score (nSPS) is 35.5. The number of carbonyl (C=O) groups excluding carboxylic acids is 5. The van der Waals surface area contributed by atoms with E-state index >= 15 is 0 Å².